The Kier molecular flexibility index (Phi) is 5.06. The number of nitrogens with one attached hydrogen (secondary N) is 1. The van der Waals surface area contributed by atoms with Crippen LogP contribution in [0.1, 0.15) is 39.5 Å². The zero-order chi connectivity index (χ0) is 10.8. The van der Waals surface area contributed by atoms with Crippen molar-refractivity contribution in [1.29, 1.82) is 0 Å². The van der Waals surface area contributed by atoms with E-state index in [1.165, 1.54) is 25.7 Å². The first-order valence-corrected chi connectivity index (χ1v) is 6.21. The highest BCUT2D eigenvalue weighted by Crippen LogP contribution is 2.21. The van der Waals surface area contributed by atoms with Crippen molar-refractivity contribution in [3.05, 3.63) is 0 Å². The third-order valence-electron chi connectivity index (χ3n) is 3.53. The third kappa shape index (κ3) is 3.63. The maximum Gasteiger partial charge on any atom is 0.239 e. The van der Waals surface area contributed by atoms with Crippen molar-refractivity contribution in [3.63, 3.8) is 0 Å². The summed E-state index contributed by atoms with van der Waals surface area (Å²) >= 11 is 0. The highest BCUT2D eigenvalue weighted by Gasteiger charge is 2.29. The summed E-state index contributed by atoms with van der Waals surface area (Å²) in [5.74, 6) is 1.09. The monoisotopic (exact) mass is 246 g/mol. The van der Waals surface area contributed by atoms with E-state index in [0.29, 0.717) is 11.9 Å². The largest absolute Gasteiger partial charge is 0.341 e. The lowest BCUT2D eigenvalue weighted by molar-refractivity contribution is -0.134. The maximum absolute atomic E-state index is 12.0. The van der Waals surface area contributed by atoms with Crippen LogP contribution in [-0.2, 0) is 4.79 Å². The molecule has 1 aliphatic heterocycles. The van der Waals surface area contributed by atoms with Crippen LogP contribution in [0.2, 0.25) is 0 Å². The van der Waals surface area contributed by atoms with Crippen LogP contribution in [0.3, 0.4) is 0 Å². The predicted molar refractivity (Wildman–Crippen MR) is 67.8 cm³/mol. The number of carbonyl (C=O) groups is 1. The number of hydrogen-bond acceptors (Lipinski definition) is 2. The van der Waals surface area contributed by atoms with E-state index in [0.717, 1.165) is 19.0 Å². The Morgan fingerprint density at radius 1 is 1.25 bits per heavy atom. The molecule has 0 radical (unpaired) electrons. The maximum atomic E-state index is 12.0. The van der Waals surface area contributed by atoms with Gasteiger partial charge in [0.15, 0.2) is 0 Å². The van der Waals surface area contributed by atoms with Gasteiger partial charge in [0.25, 0.3) is 0 Å². The van der Waals surface area contributed by atoms with Gasteiger partial charge in [0.2, 0.25) is 5.91 Å². The van der Waals surface area contributed by atoms with Crippen molar-refractivity contribution >= 4 is 18.3 Å². The first kappa shape index (κ1) is 13.8. The van der Waals surface area contributed by atoms with Crippen molar-refractivity contribution in [2.75, 3.05) is 13.1 Å². The molecule has 2 rings (SSSR count). The van der Waals surface area contributed by atoms with Crippen molar-refractivity contribution in [2.24, 2.45) is 5.92 Å². The minimum Gasteiger partial charge on any atom is -0.341 e. The topological polar surface area (TPSA) is 32.3 Å². The summed E-state index contributed by atoms with van der Waals surface area (Å²) in [6.45, 7) is 6.18. The van der Waals surface area contributed by atoms with E-state index in [1.54, 1.807) is 0 Å². The zero-order valence-corrected chi connectivity index (χ0v) is 11.1. The molecule has 1 atom stereocenters. The van der Waals surface area contributed by atoms with Gasteiger partial charge in [0.1, 0.15) is 0 Å². The molecule has 3 nitrogen and oxygen atoms in total. The van der Waals surface area contributed by atoms with E-state index in [2.05, 4.69) is 12.2 Å². The van der Waals surface area contributed by atoms with E-state index in [9.17, 15) is 4.79 Å². The van der Waals surface area contributed by atoms with Crippen molar-refractivity contribution in [1.82, 2.24) is 10.2 Å². The van der Waals surface area contributed by atoms with Crippen LogP contribution in [0.15, 0.2) is 0 Å². The number of nitrogens with zero attached hydrogens (tertiary/aromatic N) is 1. The molecule has 0 aromatic rings. The smallest absolute Gasteiger partial charge is 0.239 e. The number of rotatable bonds is 3. The summed E-state index contributed by atoms with van der Waals surface area (Å²) in [4.78, 5) is 14.1. The number of hydrogen-bond donors (Lipinski definition) is 1. The van der Waals surface area contributed by atoms with Crippen LogP contribution in [0.25, 0.3) is 0 Å². The molecule has 1 saturated heterocycles. The van der Waals surface area contributed by atoms with Crippen LogP contribution in [-0.4, -0.2) is 36.0 Å². The molecule has 0 aromatic carbocycles. The molecule has 1 aliphatic carbocycles. The summed E-state index contributed by atoms with van der Waals surface area (Å²) in [6.07, 6.45) is 4.83. The van der Waals surface area contributed by atoms with Crippen LogP contribution >= 0.6 is 12.4 Å². The van der Waals surface area contributed by atoms with Crippen LogP contribution in [0.5, 0.6) is 0 Å². The molecule has 1 saturated carbocycles. The van der Waals surface area contributed by atoms with Crippen molar-refractivity contribution < 1.29 is 4.79 Å². The molecule has 1 unspecified atom stereocenters. The summed E-state index contributed by atoms with van der Waals surface area (Å²) in [5, 5.41) is 3.37. The zero-order valence-electron chi connectivity index (χ0n) is 10.2. The van der Waals surface area contributed by atoms with Gasteiger partial charge in [0, 0.05) is 19.1 Å². The number of likely N-dealkylation sites (tertiary alicyclic amines) is 1. The normalized spacial score (nSPS) is 23.8. The lowest BCUT2D eigenvalue weighted by Gasteiger charge is -2.32. The number of amides is 1. The first-order chi connectivity index (χ1) is 7.16. The number of halogens is 1. The Balaban J connectivity index is 0.00000128. The molecule has 0 bridgehead atoms. The summed E-state index contributed by atoms with van der Waals surface area (Å²) in [7, 11) is 0. The van der Waals surface area contributed by atoms with E-state index in [-0.39, 0.29) is 18.4 Å². The lowest BCUT2D eigenvalue weighted by Crippen LogP contribution is -2.48. The van der Waals surface area contributed by atoms with Gasteiger partial charge in [-0.25, -0.2) is 0 Å². The Labute approximate surface area is 104 Å². The van der Waals surface area contributed by atoms with E-state index < -0.39 is 0 Å². The second-order valence-corrected chi connectivity index (χ2v) is 5.17. The van der Waals surface area contributed by atoms with Crippen LogP contribution in [0, 0.1) is 5.92 Å². The molecule has 2 aliphatic rings. The summed E-state index contributed by atoms with van der Waals surface area (Å²) < 4.78 is 0. The molecular weight excluding hydrogens is 224 g/mol. The average Bonchev–Trinajstić information content (AvgIpc) is 3.02. The molecule has 1 N–H and O–H groups in total. The minimum absolute atomic E-state index is 0. The number of piperidine rings is 1. The van der Waals surface area contributed by atoms with E-state index in [4.69, 9.17) is 0 Å². The molecule has 0 aromatic heterocycles. The molecule has 0 spiro atoms. The first-order valence-electron chi connectivity index (χ1n) is 6.21. The average molecular weight is 247 g/mol. The third-order valence-corrected chi connectivity index (χ3v) is 3.53. The highest BCUT2D eigenvalue weighted by atomic mass is 35.5. The van der Waals surface area contributed by atoms with Gasteiger partial charge < -0.3 is 10.2 Å². The summed E-state index contributed by atoms with van der Waals surface area (Å²) in [5.41, 5.74) is 0. The highest BCUT2D eigenvalue weighted by molar-refractivity contribution is 5.85. The van der Waals surface area contributed by atoms with Gasteiger partial charge in [-0.05, 0) is 38.5 Å². The molecule has 1 heterocycles. The fourth-order valence-corrected chi connectivity index (χ4v) is 2.18. The van der Waals surface area contributed by atoms with Gasteiger partial charge in [-0.15, -0.1) is 12.4 Å². The van der Waals surface area contributed by atoms with Gasteiger partial charge in [0.05, 0.1) is 6.04 Å². The van der Waals surface area contributed by atoms with E-state index in [1.807, 2.05) is 11.8 Å². The predicted octanol–water partition coefficient (Wildman–Crippen LogP) is 1.81. The van der Waals surface area contributed by atoms with Gasteiger partial charge in [-0.3, -0.25) is 4.79 Å². The lowest BCUT2D eigenvalue weighted by atomic mass is 9.99. The van der Waals surface area contributed by atoms with E-state index >= 15 is 0 Å². The minimum atomic E-state index is 0. The SMILES string of the molecule is CC1CCN(C(=O)C(C)NC2CC2)CC1.Cl. The fourth-order valence-electron chi connectivity index (χ4n) is 2.18. The Morgan fingerprint density at radius 2 is 1.81 bits per heavy atom. The standard InChI is InChI=1S/C12H22N2O.ClH/c1-9-5-7-14(8-6-9)12(15)10(2)13-11-3-4-11;/h9-11,13H,3-8H2,1-2H3;1H. The van der Waals surface area contributed by atoms with Gasteiger partial charge in [-0.1, -0.05) is 6.92 Å². The molecule has 2 fully saturated rings. The van der Waals surface area contributed by atoms with Crippen LogP contribution < -0.4 is 5.32 Å². The van der Waals surface area contributed by atoms with Crippen molar-refractivity contribution in [2.45, 2.75) is 51.6 Å². The Hall–Kier alpha value is -0.280. The van der Waals surface area contributed by atoms with Gasteiger partial charge >= 0.3 is 0 Å². The second kappa shape index (κ2) is 5.87. The molecule has 94 valence electrons. The molecule has 16 heavy (non-hydrogen) atoms. The van der Waals surface area contributed by atoms with Gasteiger partial charge in [-0.2, -0.15) is 0 Å². The second-order valence-electron chi connectivity index (χ2n) is 5.17. The quantitative estimate of drug-likeness (QED) is 0.824. The summed E-state index contributed by atoms with van der Waals surface area (Å²) in [6, 6.07) is 0.638. The number of carbonyl (C=O) groups excluding carboxylic acids is 1. The molecular formula is C12H23ClN2O. The van der Waals surface area contributed by atoms with Crippen LogP contribution in [0.4, 0.5) is 0 Å². The molecule has 1 amide bonds. The Morgan fingerprint density at radius 3 is 2.31 bits per heavy atom. The van der Waals surface area contributed by atoms with Crippen molar-refractivity contribution in [3.8, 4) is 0 Å². The Bertz CT molecular complexity index is 235. The molecule has 4 heteroatoms. The fraction of sp³-hybridized carbons (Fsp3) is 0.917.